The van der Waals surface area contributed by atoms with Crippen LogP contribution in [0, 0.1) is 6.92 Å². The maximum Gasteiger partial charge on any atom is 0.324 e. The van der Waals surface area contributed by atoms with Crippen LogP contribution in [0.1, 0.15) is 22.9 Å². The van der Waals surface area contributed by atoms with Crippen LogP contribution < -0.4 is 0 Å². The molecule has 0 aromatic heterocycles. The first-order valence-electron chi connectivity index (χ1n) is 4.52. The van der Waals surface area contributed by atoms with Crippen molar-refractivity contribution in [1.29, 1.82) is 0 Å². The fraction of sp³-hybridized carbons (Fsp3) is 0.364. The molecule has 1 aromatic carbocycles. The van der Waals surface area contributed by atoms with Crippen molar-refractivity contribution < 1.29 is 9.53 Å². The molecule has 0 saturated carbocycles. The second kappa shape index (κ2) is 5.15. The summed E-state index contributed by atoms with van der Waals surface area (Å²) in [4.78, 5) is 11.0. The van der Waals surface area contributed by atoms with E-state index < -0.39 is 0 Å². The number of rotatable bonds is 3. The molecule has 1 rings (SSSR count). The predicted octanol–water partition coefficient (Wildman–Crippen LogP) is 2.99. The van der Waals surface area contributed by atoms with Gasteiger partial charge in [0.25, 0.3) is 0 Å². The van der Waals surface area contributed by atoms with Crippen LogP contribution in [0.25, 0.3) is 0 Å². The number of halogens is 1. The highest BCUT2D eigenvalue weighted by atomic mass is 79.9. The van der Waals surface area contributed by atoms with E-state index in [1.54, 1.807) is 6.92 Å². The summed E-state index contributed by atoms with van der Waals surface area (Å²) >= 11 is 3.31. The zero-order valence-electron chi connectivity index (χ0n) is 8.29. The number of benzene rings is 1. The van der Waals surface area contributed by atoms with Crippen molar-refractivity contribution in [2.75, 3.05) is 6.61 Å². The van der Waals surface area contributed by atoms with Crippen LogP contribution in [0.5, 0.6) is 0 Å². The third-order valence-corrected chi connectivity index (χ3v) is 2.73. The number of carbonyl (C=O) groups excluding carboxylic acids is 1. The highest BCUT2D eigenvalue weighted by Gasteiger charge is 2.17. The summed E-state index contributed by atoms with van der Waals surface area (Å²) in [5.41, 5.74) is 2.07. The van der Waals surface area contributed by atoms with Gasteiger partial charge in [-0.1, -0.05) is 45.8 Å². The topological polar surface area (TPSA) is 26.3 Å². The molecule has 14 heavy (non-hydrogen) atoms. The molecule has 0 radical (unpaired) electrons. The standard InChI is InChI=1S/C11H13BrO2/c1-3-14-11(13)10(12)9-6-4-5-8(2)7-9/h4-7,10H,3H2,1-2H3/t10-/m0/s1. The lowest BCUT2D eigenvalue weighted by Gasteiger charge is -2.09. The fourth-order valence-corrected chi connectivity index (χ4v) is 1.60. The minimum atomic E-state index is -0.359. The monoisotopic (exact) mass is 256 g/mol. The quantitative estimate of drug-likeness (QED) is 0.614. The summed E-state index contributed by atoms with van der Waals surface area (Å²) in [7, 11) is 0. The first-order chi connectivity index (χ1) is 6.65. The molecular formula is C11H13BrO2. The molecule has 0 fully saturated rings. The molecule has 1 aromatic rings. The molecule has 0 unspecified atom stereocenters. The van der Waals surface area contributed by atoms with Crippen molar-refractivity contribution in [3.05, 3.63) is 35.4 Å². The van der Waals surface area contributed by atoms with Crippen LogP contribution in [0.2, 0.25) is 0 Å². The highest BCUT2D eigenvalue weighted by Crippen LogP contribution is 2.24. The smallest absolute Gasteiger partial charge is 0.324 e. The van der Waals surface area contributed by atoms with Crippen LogP contribution >= 0.6 is 15.9 Å². The molecule has 0 aliphatic rings. The normalized spacial score (nSPS) is 12.2. The van der Waals surface area contributed by atoms with Gasteiger partial charge in [0.2, 0.25) is 0 Å². The van der Waals surface area contributed by atoms with Gasteiger partial charge in [-0.05, 0) is 19.4 Å². The number of hydrogen-bond donors (Lipinski definition) is 0. The van der Waals surface area contributed by atoms with Gasteiger partial charge < -0.3 is 4.74 Å². The maximum absolute atomic E-state index is 11.4. The van der Waals surface area contributed by atoms with E-state index in [4.69, 9.17) is 4.74 Å². The van der Waals surface area contributed by atoms with Crippen LogP contribution in [-0.2, 0) is 9.53 Å². The zero-order valence-corrected chi connectivity index (χ0v) is 9.87. The maximum atomic E-state index is 11.4. The number of esters is 1. The van der Waals surface area contributed by atoms with Crippen molar-refractivity contribution in [3.8, 4) is 0 Å². The molecule has 0 amide bonds. The molecule has 0 spiro atoms. The van der Waals surface area contributed by atoms with Crippen LogP contribution in [0.4, 0.5) is 0 Å². The Hall–Kier alpha value is -0.830. The SMILES string of the molecule is CCOC(=O)[C@@H](Br)c1cccc(C)c1. The Morgan fingerprint density at radius 3 is 2.86 bits per heavy atom. The van der Waals surface area contributed by atoms with Crippen LogP contribution in [0.3, 0.4) is 0 Å². The fourth-order valence-electron chi connectivity index (χ4n) is 1.18. The van der Waals surface area contributed by atoms with Crippen LogP contribution in [-0.4, -0.2) is 12.6 Å². The van der Waals surface area contributed by atoms with E-state index in [9.17, 15) is 4.79 Å². The minimum absolute atomic E-state index is 0.238. The average molecular weight is 257 g/mol. The molecule has 0 saturated heterocycles. The van der Waals surface area contributed by atoms with Gasteiger partial charge in [-0.3, -0.25) is 4.79 Å². The second-order valence-corrected chi connectivity index (χ2v) is 3.94. The zero-order chi connectivity index (χ0) is 10.6. The van der Waals surface area contributed by atoms with E-state index in [0.29, 0.717) is 6.61 Å². The molecule has 3 heteroatoms. The van der Waals surface area contributed by atoms with Gasteiger partial charge >= 0.3 is 5.97 Å². The van der Waals surface area contributed by atoms with E-state index in [0.717, 1.165) is 11.1 Å². The van der Waals surface area contributed by atoms with E-state index in [-0.39, 0.29) is 10.8 Å². The van der Waals surface area contributed by atoms with Crippen molar-refractivity contribution in [1.82, 2.24) is 0 Å². The largest absolute Gasteiger partial charge is 0.465 e. The predicted molar refractivity (Wildman–Crippen MR) is 59.5 cm³/mol. The van der Waals surface area contributed by atoms with Crippen LogP contribution in [0.15, 0.2) is 24.3 Å². The first-order valence-corrected chi connectivity index (χ1v) is 5.44. The molecule has 0 aliphatic heterocycles. The number of ether oxygens (including phenoxy) is 1. The van der Waals surface area contributed by atoms with E-state index in [2.05, 4.69) is 15.9 Å². The molecule has 2 nitrogen and oxygen atoms in total. The molecule has 1 atom stereocenters. The van der Waals surface area contributed by atoms with Gasteiger partial charge in [0, 0.05) is 0 Å². The van der Waals surface area contributed by atoms with Crippen molar-refractivity contribution in [3.63, 3.8) is 0 Å². The van der Waals surface area contributed by atoms with Gasteiger partial charge in [0.05, 0.1) is 6.61 Å². The van der Waals surface area contributed by atoms with Gasteiger partial charge in [-0.15, -0.1) is 0 Å². The van der Waals surface area contributed by atoms with Gasteiger partial charge in [-0.2, -0.15) is 0 Å². The van der Waals surface area contributed by atoms with Crippen molar-refractivity contribution in [2.24, 2.45) is 0 Å². The molecule has 0 N–H and O–H groups in total. The van der Waals surface area contributed by atoms with Crippen molar-refractivity contribution in [2.45, 2.75) is 18.7 Å². The summed E-state index contributed by atoms with van der Waals surface area (Å²) in [5, 5.41) is 0. The summed E-state index contributed by atoms with van der Waals surface area (Å²) in [5.74, 6) is -0.238. The first kappa shape index (κ1) is 11.2. The van der Waals surface area contributed by atoms with E-state index in [1.807, 2.05) is 31.2 Å². The summed E-state index contributed by atoms with van der Waals surface area (Å²) in [6.07, 6.45) is 0. The second-order valence-electron chi connectivity index (χ2n) is 3.03. The highest BCUT2D eigenvalue weighted by molar-refractivity contribution is 9.09. The van der Waals surface area contributed by atoms with Gasteiger partial charge in [0.1, 0.15) is 4.83 Å². The molecule has 0 aliphatic carbocycles. The average Bonchev–Trinajstić information content (AvgIpc) is 2.17. The van der Waals surface area contributed by atoms with E-state index >= 15 is 0 Å². The Morgan fingerprint density at radius 1 is 1.57 bits per heavy atom. The summed E-state index contributed by atoms with van der Waals surface area (Å²) in [6, 6.07) is 7.80. The molecule has 0 heterocycles. The Kier molecular flexibility index (Phi) is 4.14. The lowest BCUT2D eigenvalue weighted by molar-refractivity contribution is -0.142. The van der Waals surface area contributed by atoms with Gasteiger partial charge in [0.15, 0.2) is 0 Å². The lowest BCUT2D eigenvalue weighted by Crippen LogP contribution is -2.10. The Bertz CT molecular complexity index is 323. The third kappa shape index (κ3) is 2.84. The van der Waals surface area contributed by atoms with E-state index in [1.165, 1.54) is 0 Å². The number of alkyl halides is 1. The Morgan fingerprint density at radius 2 is 2.29 bits per heavy atom. The lowest BCUT2D eigenvalue weighted by atomic mass is 10.1. The van der Waals surface area contributed by atoms with Crippen molar-refractivity contribution >= 4 is 21.9 Å². The molecule has 76 valence electrons. The number of hydrogen-bond acceptors (Lipinski definition) is 2. The summed E-state index contributed by atoms with van der Waals surface area (Å²) in [6.45, 7) is 4.20. The third-order valence-electron chi connectivity index (χ3n) is 1.83. The Balaban J connectivity index is 2.78. The molecule has 0 bridgehead atoms. The molecular weight excluding hydrogens is 244 g/mol. The Labute approximate surface area is 92.4 Å². The summed E-state index contributed by atoms with van der Waals surface area (Å²) < 4.78 is 4.91. The number of aryl methyl sites for hydroxylation is 1. The number of carbonyl (C=O) groups is 1. The van der Waals surface area contributed by atoms with Gasteiger partial charge in [-0.25, -0.2) is 0 Å². The minimum Gasteiger partial charge on any atom is -0.465 e.